The minimum absolute atomic E-state index is 0. The Labute approximate surface area is 182 Å². The van der Waals surface area contributed by atoms with Crippen molar-refractivity contribution in [1.82, 2.24) is 15.2 Å². The van der Waals surface area contributed by atoms with Crippen LogP contribution in [0.15, 0.2) is 59.7 Å². The zero-order valence-electron chi connectivity index (χ0n) is 16.2. The molecule has 0 aliphatic rings. The minimum Gasteiger partial charge on any atom is -0.508 e. The van der Waals surface area contributed by atoms with E-state index in [0.29, 0.717) is 18.3 Å². The molecule has 0 saturated carbocycles. The van der Waals surface area contributed by atoms with Gasteiger partial charge in [-0.05, 0) is 42.1 Å². The molecule has 0 atom stereocenters. The van der Waals surface area contributed by atoms with E-state index in [9.17, 15) is 5.11 Å². The van der Waals surface area contributed by atoms with Crippen molar-refractivity contribution >= 4 is 40.8 Å². The molecule has 0 radical (unpaired) electrons. The summed E-state index contributed by atoms with van der Waals surface area (Å²) in [7, 11) is 3.35. The number of aromatic nitrogens is 1. The first-order valence-corrected chi connectivity index (χ1v) is 9.05. The standard InChI is InChI=1S/C21H26N4O2.HI/c1-22-21(24-15-17-14-18(27-2)8-9-20(17)26)23-11-5-12-25-13-10-16-6-3-4-7-19(16)25;/h3-4,6-10,13-14,26H,5,11-12,15H2,1-2H3,(H2,22,23,24);1H. The predicted octanol–water partition coefficient (Wildman–Crippen LogP) is 3.73. The molecule has 0 spiro atoms. The lowest BCUT2D eigenvalue weighted by Crippen LogP contribution is -2.37. The summed E-state index contributed by atoms with van der Waals surface area (Å²) in [5, 5.41) is 17.8. The molecule has 1 aromatic heterocycles. The zero-order chi connectivity index (χ0) is 19.1. The van der Waals surface area contributed by atoms with Crippen LogP contribution in [-0.4, -0.2) is 36.3 Å². The molecule has 0 saturated heterocycles. The molecule has 0 unspecified atom stereocenters. The van der Waals surface area contributed by atoms with Gasteiger partial charge in [-0.25, -0.2) is 0 Å². The SMILES string of the molecule is CN=C(NCCCn1ccc2ccccc21)NCc1cc(OC)ccc1O.I. The Morgan fingerprint density at radius 3 is 2.75 bits per heavy atom. The number of aliphatic imine (C=N–C) groups is 1. The number of fused-ring (bicyclic) bond motifs is 1. The van der Waals surface area contributed by atoms with Crippen LogP contribution in [0.4, 0.5) is 0 Å². The van der Waals surface area contributed by atoms with Crippen LogP contribution in [0.2, 0.25) is 0 Å². The molecule has 0 aliphatic heterocycles. The maximum atomic E-state index is 9.96. The third-order valence-corrected chi connectivity index (χ3v) is 4.51. The largest absolute Gasteiger partial charge is 0.508 e. The number of benzene rings is 2. The average molecular weight is 494 g/mol. The number of aromatic hydroxyl groups is 1. The lowest BCUT2D eigenvalue weighted by molar-refractivity contribution is 0.410. The molecule has 0 amide bonds. The fourth-order valence-corrected chi connectivity index (χ4v) is 3.02. The highest BCUT2D eigenvalue weighted by Gasteiger charge is 2.05. The van der Waals surface area contributed by atoms with Crippen LogP contribution in [-0.2, 0) is 13.1 Å². The summed E-state index contributed by atoms with van der Waals surface area (Å²) >= 11 is 0. The molecule has 3 N–H and O–H groups in total. The van der Waals surface area contributed by atoms with E-state index < -0.39 is 0 Å². The van der Waals surface area contributed by atoms with Gasteiger partial charge in [0.1, 0.15) is 11.5 Å². The molecular weight excluding hydrogens is 467 g/mol. The van der Waals surface area contributed by atoms with Crippen molar-refractivity contribution in [2.45, 2.75) is 19.5 Å². The topological polar surface area (TPSA) is 70.8 Å². The molecule has 1 heterocycles. The van der Waals surface area contributed by atoms with Crippen molar-refractivity contribution in [3.8, 4) is 11.5 Å². The maximum absolute atomic E-state index is 9.96. The van der Waals surface area contributed by atoms with Gasteiger partial charge in [0.05, 0.1) is 7.11 Å². The highest BCUT2D eigenvalue weighted by Crippen LogP contribution is 2.22. The van der Waals surface area contributed by atoms with Crippen LogP contribution in [0, 0.1) is 0 Å². The van der Waals surface area contributed by atoms with Gasteiger partial charge < -0.3 is 25.0 Å². The van der Waals surface area contributed by atoms with Gasteiger partial charge in [-0.1, -0.05) is 18.2 Å². The number of halogens is 1. The van der Waals surface area contributed by atoms with E-state index in [2.05, 4.69) is 56.7 Å². The number of phenols is 1. The van der Waals surface area contributed by atoms with E-state index in [1.807, 2.05) is 6.07 Å². The third kappa shape index (κ3) is 5.54. The number of nitrogens with zero attached hydrogens (tertiary/aromatic N) is 2. The summed E-state index contributed by atoms with van der Waals surface area (Å²) < 4.78 is 7.47. The van der Waals surface area contributed by atoms with E-state index in [1.54, 1.807) is 26.3 Å². The molecule has 150 valence electrons. The number of ether oxygens (including phenoxy) is 1. The molecule has 0 bridgehead atoms. The average Bonchev–Trinajstić information content (AvgIpc) is 3.11. The second-order valence-electron chi connectivity index (χ2n) is 6.27. The van der Waals surface area contributed by atoms with Crippen molar-refractivity contribution in [2.75, 3.05) is 20.7 Å². The second-order valence-corrected chi connectivity index (χ2v) is 6.27. The van der Waals surface area contributed by atoms with Crippen LogP contribution < -0.4 is 15.4 Å². The van der Waals surface area contributed by atoms with Gasteiger partial charge in [-0.15, -0.1) is 24.0 Å². The first-order valence-electron chi connectivity index (χ1n) is 9.05. The van der Waals surface area contributed by atoms with Crippen LogP contribution >= 0.6 is 24.0 Å². The molecule has 7 heteroatoms. The summed E-state index contributed by atoms with van der Waals surface area (Å²) in [5.74, 6) is 1.65. The molecule has 3 aromatic rings. The van der Waals surface area contributed by atoms with Crippen molar-refractivity contribution in [3.63, 3.8) is 0 Å². The number of hydrogen-bond acceptors (Lipinski definition) is 3. The number of methoxy groups -OCH3 is 1. The normalized spacial score (nSPS) is 11.1. The summed E-state index contributed by atoms with van der Waals surface area (Å²) in [6.07, 6.45) is 3.10. The van der Waals surface area contributed by atoms with E-state index in [-0.39, 0.29) is 29.7 Å². The predicted molar refractivity (Wildman–Crippen MR) is 125 cm³/mol. The Balaban J connectivity index is 0.00000280. The molecule has 2 aromatic carbocycles. The minimum atomic E-state index is 0. The van der Waals surface area contributed by atoms with E-state index >= 15 is 0 Å². The van der Waals surface area contributed by atoms with E-state index in [0.717, 1.165) is 25.1 Å². The number of phenolic OH excluding ortho intramolecular Hbond substituents is 1. The highest BCUT2D eigenvalue weighted by molar-refractivity contribution is 14.0. The Kier molecular flexibility index (Phi) is 8.43. The van der Waals surface area contributed by atoms with E-state index in [1.165, 1.54) is 10.9 Å². The summed E-state index contributed by atoms with van der Waals surface area (Å²) in [4.78, 5) is 4.23. The third-order valence-electron chi connectivity index (χ3n) is 4.51. The van der Waals surface area contributed by atoms with Gasteiger partial charge in [0, 0.05) is 44.0 Å². The number of aryl methyl sites for hydroxylation is 1. The number of hydrogen-bond donors (Lipinski definition) is 3. The first-order chi connectivity index (χ1) is 13.2. The molecule has 0 aliphatic carbocycles. The van der Waals surface area contributed by atoms with Gasteiger partial charge in [-0.2, -0.15) is 0 Å². The second kappa shape index (κ2) is 10.8. The van der Waals surface area contributed by atoms with Gasteiger partial charge in [0.25, 0.3) is 0 Å². The van der Waals surface area contributed by atoms with Crippen LogP contribution in [0.25, 0.3) is 10.9 Å². The quantitative estimate of drug-likeness (QED) is 0.203. The zero-order valence-corrected chi connectivity index (χ0v) is 18.5. The van der Waals surface area contributed by atoms with Gasteiger partial charge in [-0.3, -0.25) is 4.99 Å². The summed E-state index contributed by atoms with van der Waals surface area (Å²) in [5.41, 5.74) is 2.02. The molecule has 6 nitrogen and oxygen atoms in total. The van der Waals surface area contributed by atoms with Crippen molar-refractivity contribution < 1.29 is 9.84 Å². The lowest BCUT2D eigenvalue weighted by Gasteiger charge is -2.13. The number of rotatable bonds is 7. The molecular formula is C21H27IN4O2. The first kappa shape index (κ1) is 21.9. The Morgan fingerprint density at radius 1 is 1.14 bits per heavy atom. The van der Waals surface area contributed by atoms with Crippen molar-refractivity contribution in [3.05, 3.63) is 60.3 Å². The summed E-state index contributed by atoms with van der Waals surface area (Å²) in [6, 6.07) is 15.7. The number of guanidine groups is 1. The van der Waals surface area contributed by atoms with Gasteiger partial charge in [0.2, 0.25) is 0 Å². The lowest BCUT2D eigenvalue weighted by atomic mass is 10.2. The van der Waals surface area contributed by atoms with Crippen molar-refractivity contribution in [1.29, 1.82) is 0 Å². The van der Waals surface area contributed by atoms with Gasteiger partial charge in [0.15, 0.2) is 5.96 Å². The Bertz CT molecular complexity index is 924. The fraction of sp³-hybridized carbons (Fsp3) is 0.286. The molecule has 0 fully saturated rings. The maximum Gasteiger partial charge on any atom is 0.191 e. The fourth-order valence-electron chi connectivity index (χ4n) is 3.02. The molecule has 28 heavy (non-hydrogen) atoms. The molecule has 3 rings (SSSR count). The monoisotopic (exact) mass is 494 g/mol. The summed E-state index contributed by atoms with van der Waals surface area (Å²) in [6.45, 7) is 2.20. The number of para-hydroxylation sites is 1. The van der Waals surface area contributed by atoms with Crippen LogP contribution in [0.3, 0.4) is 0 Å². The Morgan fingerprint density at radius 2 is 1.96 bits per heavy atom. The van der Waals surface area contributed by atoms with Crippen molar-refractivity contribution in [2.24, 2.45) is 4.99 Å². The number of nitrogens with one attached hydrogen (secondary N) is 2. The van der Waals surface area contributed by atoms with Crippen LogP contribution in [0.1, 0.15) is 12.0 Å². The van der Waals surface area contributed by atoms with Crippen LogP contribution in [0.5, 0.6) is 11.5 Å². The highest BCUT2D eigenvalue weighted by atomic mass is 127. The Hall–Kier alpha value is -2.42. The van der Waals surface area contributed by atoms with Gasteiger partial charge >= 0.3 is 0 Å². The van der Waals surface area contributed by atoms with E-state index in [4.69, 9.17) is 4.74 Å². The smallest absolute Gasteiger partial charge is 0.191 e.